The summed E-state index contributed by atoms with van der Waals surface area (Å²) in [6, 6.07) is -0.550. The number of allylic oxidation sites excluding steroid dienone is 6. The van der Waals surface area contributed by atoms with E-state index in [-0.39, 0.29) is 18.5 Å². The van der Waals surface area contributed by atoms with Crippen LogP contribution >= 0.6 is 0 Å². The van der Waals surface area contributed by atoms with E-state index >= 15 is 0 Å². The third-order valence-corrected chi connectivity index (χ3v) is 15.9. The van der Waals surface area contributed by atoms with Crippen LogP contribution in [0.3, 0.4) is 0 Å². The highest BCUT2D eigenvalue weighted by Gasteiger charge is 2.20. The molecule has 6 heteroatoms. The first kappa shape index (κ1) is 74.1. The molecular formula is C70H133NO5. The van der Waals surface area contributed by atoms with E-state index in [9.17, 15) is 19.8 Å². The van der Waals surface area contributed by atoms with Crippen molar-refractivity contribution in [2.75, 3.05) is 13.2 Å². The van der Waals surface area contributed by atoms with Gasteiger partial charge in [-0.15, -0.1) is 0 Å². The molecule has 2 atom stereocenters. The van der Waals surface area contributed by atoms with Crippen LogP contribution in [0.2, 0.25) is 0 Å². The fourth-order valence-electron chi connectivity index (χ4n) is 10.7. The van der Waals surface area contributed by atoms with Crippen molar-refractivity contribution in [3.8, 4) is 0 Å². The molecule has 0 saturated carbocycles. The Morgan fingerprint density at radius 3 is 1.01 bits per heavy atom. The van der Waals surface area contributed by atoms with Gasteiger partial charge in [-0.2, -0.15) is 0 Å². The highest BCUT2D eigenvalue weighted by atomic mass is 16.5. The molecule has 1 amide bonds. The molecule has 0 saturated heterocycles. The smallest absolute Gasteiger partial charge is 0.305 e. The molecule has 76 heavy (non-hydrogen) atoms. The van der Waals surface area contributed by atoms with Crippen LogP contribution in [0.5, 0.6) is 0 Å². The fourth-order valence-corrected chi connectivity index (χ4v) is 10.7. The van der Waals surface area contributed by atoms with Crippen molar-refractivity contribution in [1.29, 1.82) is 0 Å². The van der Waals surface area contributed by atoms with Crippen molar-refractivity contribution in [3.05, 3.63) is 36.5 Å². The van der Waals surface area contributed by atoms with Gasteiger partial charge in [0.2, 0.25) is 5.91 Å². The van der Waals surface area contributed by atoms with Crippen molar-refractivity contribution in [2.24, 2.45) is 0 Å². The molecule has 0 aliphatic heterocycles. The van der Waals surface area contributed by atoms with Gasteiger partial charge in [0.15, 0.2) is 0 Å². The first-order valence-corrected chi connectivity index (χ1v) is 34.2. The SMILES string of the molecule is CCCCCCCCC/C=C\CCCCCCCCCC(=O)OCCCCCCCCCCC/C=C\C/C=C\CCCCCCCCCC(=O)NC(CO)C(O)CCCCCCCCCCCCCCCCCCCC. The molecule has 0 aliphatic rings. The molecule has 0 bridgehead atoms. The van der Waals surface area contributed by atoms with E-state index in [1.54, 1.807) is 0 Å². The van der Waals surface area contributed by atoms with Crippen LogP contribution in [-0.4, -0.2) is 47.4 Å². The van der Waals surface area contributed by atoms with Crippen LogP contribution in [0.25, 0.3) is 0 Å². The lowest BCUT2D eigenvalue weighted by Crippen LogP contribution is -2.45. The molecule has 3 N–H and O–H groups in total. The Labute approximate surface area is 474 Å². The summed E-state index contributed by atoms with van der Waals surface area (Å²) in [5.41, 5.74) is 0. The number of esters is 1. The maximum Gasteiger partial charge on any atom is 0.305 e. The number of carbonyl (C=O) groups excluding carboxylic acids is 2. The lowest BCUT2D eigenvalue weighted by atomic mass is 10.0. The lowest BCUT2D eigenvalue weighted by Gasteiger charge is -2.22. The van der Waals surface area contributed by atoms with E-state index in [4.69, 9.17) is 4.74 Å². The summed E-state index contributed by atoms with van der Waals surface area (Å²) in [7, 11) is 0. The topological polar surface area (TPSA) is 95.9 Å². The Balaban J connectivity index is 3.44. The summed E-state index contributed by atoms with van der Waals surface area (Å²) in [4.78, 5) is 24.6. The molecule has 0 heterocycles. The van der Waals surface area contributed by atoms with E-state index < -0.39 is 12.1 Å². The molecule has 0 fully saturated rings. The van der Waals surface area contributed by atoms with Gasteiger partial charge in [-0.25, -0.2) is 0 Å². The average molecular weight is 1070 g/mol. The van der Waals surface area contributed by atoms with Gasteiger partial charge in [-0.1, -0.05) is 314 Å². The molecular weight excluding hydrogens is 935 g/mol. The van der Waals surface area contributed by atoms with Gasteiger partial charge in [0.05, 0.1) is 25.4 Å². The van der Waals surface area contributed by atoms with Crippen LogP contribution in [-0.2, 0) is 14.3 Å². The predicted molar refractivity (Wildman–Crippen MR) is 333 cm³/mol. The third-order valence-electron chi connectivity index (χ3n) is 15.9. The van der Waals surface area contributed by atoms with Crippen LogP contribution in [0.15, 0.2) is 36.5 Å². The summed E-state index contributed by atoms with van der Waals surface area (Å²) in [6.07, 6.45) is 83.2. The van der Waals surface area contributed by atoms with Gasteiger partial charge in [-0.05, 0) is 83.5 Å². The molecule has 2 unspecified atom stereocenters. The Morgan fingerprint density at radius 1 is 0.368 bits per heavy atom. The standard InChI is InChI=1S/C70H133NO5/c1-3-5-7-9-11-13-15-17-19-21-30-34-38-42-46-50-54-58-62-68(73)67(66-72)71-69(74)63-59-55-51-47-43-39-35-31-28-26-24-23-25-27-29-33-37-41-45-49-53-57-61-65-76-70(75)64-60-56-52-48-44-40-36-32-22-20-18-16-14-12-10-8-6-4-2/h20,22-23,25-26,28,67-68,72-73H,3-19,21,24,27,29-66H2,1-2H3,(H,71,74)/b22-20-,25-23-,28-26-. The van der Waals surface area contributed by atoms with Crippen LogP contribution < -0.4 is 5.32 Å². The number of aliphatic hydroxyl groups is 2. The second kappa shape index (κ2) is 65.6. The quantitative estimate of drug-likeness (QED) is 0.0320. The zero-order valence-corrected chi connectivity index (χ0v) is 51.3. The zero-order valence-electron chi connectivity index (χ0n) is 51.3. The number of aliphatic hydroxyl groups excluding tert-OH is 2. The summed E-state index contributed by atoms with van der Waals surface area (Å²) in [5.74, 6) is -0.0380. The summed E-state index contributed by atoms with van der Waals surface area (Å²) < 4.78 is 5.50. The van der Waals surface area contributed by atoms with Gasteiger partial charge >= 0.3 is 5.97 Å². The Bertz CT molecular complexity index is 1230. The second-order valence-corrected chi connectivity index (χ2v) is 23.5. The lowest BCUT2D eigenvalue weighted by molar-refractivity contribution is -0.143. The third kappa shape index (κ3) is 61.3. The minimum absolute atomic E-state index is 0.00467. The zero-order chi connectivity index (χ0) is 55.0. The number of rotatable bonds is 64. The van der Waals surface area contributed by atoms with Crippen molar-refractivity contribution in [2.45, 2.75) is 386 Å². The predicted octanol–water partition coefficient (Wildman–Crippen LogP) is 21.9. The molecule has 0 aromatic heterocycles. The number of carbonyl (C=O) groups is 2. The number of amides is 1. The van der Waals surface area contributed by atoms with Crippen LogP contribution in [0.1, 0.15) is 373 Å². The molecule has 0 aliphatic carbocycles. The van der Waals surface area contributed by atoms with Crippen molar-refractivity contribution in [1.82, 2.24) is 5.32 Å². The number of unbranched alkanes of at least 4 members (excludes halogenated alkanes) is 47. The molecule has 0 aromatic rings. The van der Waals surface area contributed by atoms with Crippen molar-refractivity contribution in [3.63, 3.8) is 0 Å². The Morgan fingerprint density at radius 2 is 0.658 bits per heavy atom. The maximum atomic E-state index is 12.5. The van der Waals surface area contributed by atoms with Crippen LogP contribution in [0, 0.1) is 0 Å². The summed E-state index contributed by atoms with van der Waals surface area (Å²) in [5, 5.41) is 23.4. The van der Waals surface area contributed by atoms with Gasteiger partial charge in [-0.3, -0.25) is 9.59 Å². The van der Waals surface area contributed by atoms with Crippen molar-refractivity contribution < 1.29 is 24.5 Å². The fraction of sp³-hybridized carbons (Fsp3) is 0.886. The first-order chi connectivity index (χ1) is 37.5. The minimum atomic E-state index is -0.672. The Kier molecular flexibility index (Phi) is 63.9. The minimum Gasteiger partial charge on any atom is -0.466 e. The van der Waals surface area contributed by atoms with Crippen molar-refractivity contribution >= 4 is 11.9 Å². The number of ether oxygens (including phenoxy) is 1. The Hall–Kier alpha value is -1.92. The molecule has 0 spiro atoms. The van der Waals surface area contributed by atoms with Gasteiger partial charge in [0.25, 0.3) is 0 Å². The molecule has 448 valence electrons. The van der Waals surface area contributed by atoms with E-state index in [0.717, 1.165) is 57.8 Å². The van der Waals surface area contributed by atoms with Crippen LogP contribution in [0.4, 0.5) is 0 Å². The van der Waals surface area contributed by atoms with E-state index in [1.807, 2.05) is 0 Å². The second-order valence-electron chi connectivity index (χ2n) is 23.5. The normalized spacial score (nSPS) is 12.7. The largest absolute Gasteiger partial charge is 0.466 e. The first-order valence-electron chi connectivity index (χ1n) is 34.2. The molecule has 0 rings (SSSR count). The van der Waals surface area contributed by atoms with E-state index in [0.29, 0.717) is 25.9 Å². The number of hydrogen-bond donors (Lipinski definition) is 3. The number of hydrogen-bond acceptors (Lipinski definition) is 5. The molecule has 0 radical (unpaired) electrons. The van der Waals surface area contributed by atoms with Gasteiger partial charge < -0.3 is 20.3 Å². The van der Waals surface area contributed by atoms with E-state index in [1.165, 1.54) is 283 Å². The maximum absolute atomic E-state index is 12.5. The molecule has 0 aromatic carbocycles. The average Bonchev–Trinajstić information content (AvgIpc) is 3.42. The monoisotopic (exact) mass is 1070 g/mol. The van der Waals surface area contributed by atoms with Gasteiger partial charge in [0, 0.05) is 12.8 Å². The highest BCUT2D eigenvalue weighted by Crippen LogP contribution is 2.18. The molecule has 6 nitrogen and oxygen atoms in total. The number of nitrogens with one attached hydrogen (secondary N) is 1. The highest BCUT2D eigenvalue weighted by molar-refractivity contribution is 5.76. The van der Waals surface area contributed by atoms with Gasteiger partial charge in [0.1, 0.15) is 0 Å². The van der Waals surface area contributed by atoms with E-state index in [2.05, 4.69) is 55.6 Å². The summed E-state index contributed by atoms with van der Waals surface area (Å²) >= 11 is 0. The summed E-state index contributed by atoms with van der Waals surface area (Å²) in [6.45, 7) is 4.97.